The Bertz CT molecular complexity index is 1040. The van der Waals surface area contributed by atoms with E-state index < -0.39 is 0 Å². The molecule has 0 aliphatic heterocycles. The van der Waals surface area contributed by atoms with Crippen LogP contribution in [0.5, 0.6) is 0 Å². The lowest BCUT2D eigenvalue weighted by Crippen LogP contribution is -2.15. The average Bonchev–Trinajstić information content (AvgIpc) is 3.46. The molecular weight excluding hydrogens is 472 g/mol. The lowest BCUT2D eigenvalue weighted by atomic mass is 9.92. The van der Waals surface area contributed by atoms with E-state index >= 15 is 0 Å². The van der Waals surface area contributed by atoms with Gasteiger partial charge in [-0.2, -0.15) is 0 Å². The molecule has 3 heterocycles. The van der Waals surface area contributed by atoms with Gasteiger partial charge in [0.25, 0.3) is 0 Å². The van der Waals surface area contributed by atoms with Crippen molar-refractivity contribution >= 4 is 11.3 Å². The van der Waals surface area contributed by atoms with Crippen LogP contribution in [0, 0.1) is 0 Å². The number of imidazole rings is 1. The van der Waals surface area contributed by atoms with Crippen LogP contribution in [0.4, 0.5) is 0 Å². The van der Waals surface area contributed by atoms with E-state index in [9.17, 15) is 0 Å². The third-order valence-corrected chi connectivity index (χ3v) is 7.46. The quantitative estimate of drug-likeness (QED) is 0.367. The van der Waals surface area contributed by atoms with Crippen LogP contribution in [0.25, 0.3) is 0 Å². The summed E-state index contributed by atoms with van der Waals surface area (Å²) >= 11 is 1.77. The minimum absolute atomic E-state index is 0.181. The Labute approximate surface area is 232 Å². The van der Waals surface area contributed by atoms with Gasteiger partial charge in [0, 0.05) is 58.4 Å². The molecule has 3 aromatic heterocycles. The van der Waals surface area contributed by atoms with Gasteiger partial charge >= 0.3 is 0 Å². The van der Waals surface area contributed by atoms with E-state index in [0.29, 0.717) is 17.8 Å². The first kappa shape index (κ1) is 33.1. The van der Waals surface area contributed by atoms with Crippen molar-refractivity contribution in [1.82, 2.24) is 19.5 Å². The second-order valence-electron chi connectivity index (χ2n) is 14.2. The van der Waals surface area contributed by atoms with Gasteiger partial charge in [-0.1, -0.05) is 104 Å². The fourth-order valence-electron chi connectivity index (χ4n) is 3.47. The zero-order valence-electron chi connectivity index (χ0n) is 26.8. The molecule has 37 heavy (non-hydrogen) atoms. The fourth-order valence-corrected chi connectivity index (χ4v) is 4.61. The van der Waals surface area contributed by atoms with Crippen molar-refractivity contribution in [3.63, 3.8) is 0 Å². The summed E-state index contributed by atoms with van der Waals surface area (Å²) in [6.07, 6.45) is 4.18. The second kappa shape index (κ2) is 12.8. The highest BCUT2D eigenvalue weighted by Gasteiger charge is 2.22. The molecule has 0 spiro atoms. The van der Waals surface area contributed by atoms with Crippen LogP contribution in [0.15, 0.2) is 23.8 Å². The van der Waals surface area contributed by atoms with Crippen molar-refractivity contribution in [3.8, 4) is 0 Å². The molecule has 3 aromatic rings. The fraction of sp³-hybridized carbons (Fsp3) is 0.688. The Hall–Kier alpha value is -1.88. The molecule has 5 heteroatoms. The van der Waals surface area contributed by atoms with Crippen LogP contribution < -0.4 is 0 Å². The van der Waals surface area contributed by atoms with Crippen molar-refractivity contribution in [1.29, 1.82) is 0 Å². The molecule has 0 aliphatic carbocycles. The zero-order chi connectivity index (χ0) is 28.9. The summed E-state index contributed by atoms with van der Waals surface area (Å²) in [5, 5.41) is 3.41. The minimum Gasteiger partial charge on any atom is -0.354 e. The van der Waals surface area contributed by atoms with Crippen molar-refractivity contribution < 1.29 is 0 Å². The van der Waals surface area contributed by atoms with Crippen molar-refractivity contribution in [3.05, 3.63) is 57.3 Å². The van der Waals surface area contributed by atoms with Crippen LogP contribution in [-0.4, -0.2) is 19.5 Å². The van der Waals surface area contributed by atoms with Crippen LogP contribution in [0.2, 0.25) is 0 Å². The summed E-state index contributed by atoms with van der Waals surface area (Å²) in [7, 11) is 2.13. The smallest absolute Gasteiger partial charge is 0.108 e. The number of aryl methyl sites for hydroxylation is 1. The number of H-pyrrole nitrogens is 1. The van der Waals surface area contributed by atoms with Gasteiger partial charge in [-0.3, -0.25) is 0 Å². The number of nitrogens with zero attached hydrogens (tertiary/aromatic N) is 3. The maximum absolute atomic E-state index is 4.67. The largest absolute Gasteiger partial charge is 0.354 e. The summed E-state index contributed by atoms with van der Waals surface area (Å²) in [5.41, 5.74) is 5.85. The number of hydrogen-bond acceptors (Lipinski definition) is 3. The van der Waals surface area contributed by atoms with E-state index in [1.54, 1.807) is 11.3 Å². The summed E-state index contributed by atoms with van der Waals surface area (Å²) in [5.74, 6) is 2.84. The van der Waals surface area contributed by atoms with E-state index in [0.717, 1.165) is 5.82 Å². The predicted molar refractivity (Wildman–Crippen MR) is 164 cm³/mol. The number of rotatable bonds is 3. The molecule has 0 aromatic carbocycles. The van der Waals surface area contributed by atoms with Crippen LogP contribution in [0.1, 0.15) is 155 Å². The highest BCUT2D eigenvalue weighted by Crippen LogP contribution is 2.30. The van der Waals surface area contributed by atoms with Gasteiger partial charge < -0.3 is 9.55 Å². The third-order valence-electron chi connectivity index (χ3n) is 6.19. The SMILES string of the molecule is CC(C)(C)c1csc(C(C)(C)C)n1.CC(C)c1cc(C(C)C)n(C)c1.CC(C)c1ncc(C(C)(C)C)[nH]1. The number of thiazole rings is 1. The Balaban J connectivity index is 0.000000278. The number of nitrogens with one attached hydrogen (secondary N) is 1. The topological polar surface area (TPSA) is 46.5 Å². The second-order valence-corrected chi connectivity index (χ2v) is 15.1. The maximum Gasteiger partial charge on any atom is 0.108 e. The van der Waals surface area contributed by atoms with Gasteiger partial charge in [0.05, 0.1) is 10.7 Å². The third kappa shape index (κ3) is 10.4. The molecule has 1 N–H and O–H groups in total. The zero-order valence-corrected chi connectivity index (χ0v) is 27.6. The molecule has 0 amide bonds. The molecular formula is C32H56N4S. The molecule has 4 nitrogen and oxygen atoms in total. The molecule has 0 saturated carbocycles. The van der Waals surface area contributed by atoms with Crippen molar-refractivity contribution in [2.24, 2.45) is 7.05 Å². The van der Waals surface area contributed by atoms with E-state index in [-0.39, 0.29) is 16.2 Å². The molecule has 0 fully saturated rings. The van der Waals surface area contributed by atoms with E-state index in [1.807, 2.05) is 6.20 Å². The first-order chi connectivity index (χ1) is 16.6. The maximum atomic E-state index is 4.67. The first-order valence-corrected chi connectivity index (χ1v) is 14.7. The van der Waals surface area contributed by atoms with Gasteiger partial charge in [0.2, 0.25) is 0 Å². The molecule has 0 atom stereocenters. The van der Waals surface area contributed by atoms with Gasteiger partial charge in [-0.15, -0.1) is 11.3 Å². The van der Waals surface area contributed by atoms with E-state index in [1.165, 1.54) is 27.7 Å². The molecule has 0 bridgehead atoms. The molecule has 0 unspecified atom stereocenters. The number of hydrogen-bond donors (Lipinski definition) is 1. The monoisotopic (exact) mass is 528 g/mol. The normalized spacial score (nSPS) is 12.5. The van der Waals surface area contributed by atoms with E-state index in [4.69, 9.17) is 0 Å². The van der Waals surface area contributed by atoms with Crippen molar-refractivity contribution in [2.45, 2.75) is 138 Å². The van der Waals surface area contributed by atoms with Crippen LogP contribution in [-0.2, 0) is 23.3 Å². The van der Waals surface area contributed by atoms with Crippen LogP contribution >= 0.6 is 11.3 Å². The summed E-state index contributed by atoms with van der Waals surface area (Å²) in [6, 6.07) is 2.31. The van der Waals surface area contributed by atoms with Gasteiger partial charge in [-0.25, -0.2) is 9.97 Å². The van der Waals surface area contributed by atoms with Gasteiger partial charge in [0.1, 0.15) is 5.82 Å². The minimum atomic E-state index is 0.181. The molecule has 0 radical (unpaired) electrons. The van der Waals surface area contributed by atoms with Crippen molar-refractivity contribution in [2.75, 3.05) is 0 Å². The molecule has 0 saturated heterocycles. The Kier molecular flexibility index (Phi) is 11.4. The highest BCUT2D eigenvalue weighted by atomic mass is 32.1. The molecule has 210 valence electrons. The Morgan fingerprint density at radius 2 is 1.35 bits per heavy atom. The lowest BCUT2D eigenvalue weighted by molar-refractivity contribution is 0.547. The molecule has 0 aliphatic rings. The summed E-state index contributed by atoms with van der Waals surface area (Å²) < 4.78 is 2.24. The summed E-state index contributed by atoms with van der Waals surface area (Å²) in [6.45, 7) is 33.0. The lowest BCUT2D eigenvalue weighted by Gasteiger charge is -2.17. The highest BCUT2D eigenvalue weighted by molar-refractivity contribution is 7.09. The van der Waals surface area contributed by atoms with Gasteiger partial charge in [-0.05, 0) is 23.5 Å². The van der Waals surface area contributed by atoms with E-state index in [2.05, 4.69) is 148 Å². The standard InChI is InChI=1S/C11H19NS.C11H19N.C10H18N2/c1-10(2,3)8-7-13-9(12-8)11(4,5)6;1-8(2)10-6-11(9(3)4)12(5)7-10;1-7(2)9-11-6-8(12-9)10(3,4)5/h7H,1-6H3;6-9H,1-5H3;6-7H,1-5H3,(H,11,12). The summed E-state index contributed by atoms with van der Waals surface area (Å²) in [4.78, 5) is 12.3. The Morgan fingerprint density at radius 1 is 0.784 bits per heavy atom. The predicted octanol–water partition coefficient (Wildman–Crippen LogP) is 9.84. The first-order valence-electron chi connectivity index (χ1n) is 13.8. The average molecular weight is 529 g/mol. The number of aromatic amines is 1. The van der Waals surface area contributed by atoms with Gasteiger partial charge in [0.15, 0.2) is 0 Å². The molecule has 3 rings (SSSR count). The Morgan fingerprint density at radius 3 is 1.59 bits per heavy atom. The van der Waals surface area contributed by atoms with Crippen LogP contribution in [0.3, 0.4) is 0 Å². The number of aromatic nitrogens is 4.